The third-order valence-corrected chi connectivity index (χ3v) is 6.75. The topological polar surface area (TPSA) is 76.1 Å². The van der Waals surface area contributed by atoms with Crippen LogP contribution in [0.15, 0.2) is 23.1 Å². The second kappa shape index (κ2) is 13.6. The van der Waals surface area contributed by atoms with Crippen LogP contribution >= 0.6 is 24.0 Å². The molecular formula is C25H35NO5S2. The first kappa shape index (κ1) is 27.2. The van der Waals surface area contributed by atoms with Gasteiger partial charge in [0.05, 0.1) is 17.6 Å². The molecule has 1 aliphatic rings. The molecule has 1 heterocycles. The summed E-state index contributed by atoms with van der Waals surface area (Å²) in [6.07, 6.45) is 9.21. The average molecular weight is 494 g/mol. The van der Waals surface area contributed by atoms with E-state index in [-0.39, 0.29) is 22.8 Å². The number of hydrogen-bond donors (Lipinski definition) is 1. The van der Waals surface area contributed by atoms with Crippen LogP contribution in [0, 0.1) is 0 Å². The first-order valence-electron chi connectivity index (χ1n) is 11.8. The zero-order valence-electron chi connectivity index (χ0n) is 20.0. The summed E-state index contributed by atoms with van der Waals surface area (Å²) in [6, 6.07) is 4.61. The maximum atomic E-state index is 12.8. The fraction of sp³-hybridized carbons (Fsp3) is 0.560. The average Bonchev–Trinajstić information content (AvgIpc) is 3.03. The number of ether oxygens (including phenoxy) is 2. The number of carbonyl (C=O) groups excluding carboxylic acids is 1. The molecule has 182 valence electrons. The van der Waals surface area contributed by atoms with Crippen LogP contribution in [0.5, 0.6) is 11.5 Å². The molecule has 0 bridgehead atoms. The molecule has 1 aliphatic heterocycles. The van der Waals surface area contributed by atoms with Crippen LogP contribution in [-0.4, -0.2) is 45.0 Å². The Morgan fingerprint density at radius 3 is 2.55 bits per heavy atom. The number of carboxylic acid groups (broad SMARTS) is 1. The number of rotatable bonds is 14. The van der Waals surface area contributed by atoms with E-state index in [1.54, 1.807) is 13.0 Å². The third-order valence-electron chi connectivity index (χ3n) is 5.41. The van der Waals surface area contributed by atoms with Gasteiger partial charge in [-0.15, -0.1) is 0 Å². The van der Waals surface area contributed by atoms with Crippen molar-refractivity contribution in [3.8, 4) is 11.5 Å². The number of carboxylic acids is 1. The van der Waals surface area contributed by atoms with Crippen molar-refractivity contribution in [2.24, 2.45) is 0 Å². The SMILES string of the molecule is CCCCCCC[C@@H](C)Oc1ccc(/C=C2/SC(=S)N([C@H](CC)C(=O)O)C2=O)cc1OCC. The predicted octanol–water partition coefficient (Wildman–Crippen LogP) is 6.28. The van der Waals surface area contributed by atoms with Gasteiger partial charge in [0.15, 0.2) is 11.5 Å². The molecule has 6 nitrogen and oxygen atoms in total. The van der Waals surface area contributed by atoms with Crippen LogP contribution in [0.25, 0.3) is 6.08 Å². The smallest absolute Gasteiger partial charge is 0.326 e. The molecular weight excluding hydrogens is 458 g/mol. The van der Waals surface area contributed by atoms with Crippen molar-refractivity contribution in [1.82, 2.24) is 4.90 Å². The molecule has 0 unspecified atom stereocenters. The molecule has 33 heavy (non-hydrogen) atoms. The number of hydrogen-bond acceptors (Lipinski definition) is 6. The number of benzene rings is 1. The lowest BCUT2D eigenvalue weighted by Gasteiger charge is -2.21. The molecule has 1 aromatic carbocycles. The van der Waals surface area contributed by atoms with Crippen LogP contribution in [-0.2, 0) is 9.59 Å². The van der Waals surface area contributed by atoms with Crippen molar-refractivity contribution < 1.29 is 24.2 Å². The summed E-state index contributed by atoms with van der Waals surface area (Å²) < 4.78 is 12.2. The molecule has 8 heteroatoms. The van der Waals surface area contributed by atoms with Gasteiger partial charge in [0.2, 0.25) is 0 Å². The number of thioether (sulfide) groups is 1. The zero-order chi connectivity index (χ0) is 24.4. The molecule has 1 aromatic rings. The van der Waals surface area contributed by atoms with Crippen molar-refractivity contribution in [3.05, 3.63) is 28.7 Å². The summed E-state index contributed by atoms with van der Waals surface area (Å²) >= 11 is 6.41. The predicted molar refractivity (Wildman–Crippen MR) is 138 cm³/mol. The van der Waals surface area contributed by atoms with E-state index in [0.29, 0.717) is 23.0 Å². The minimum atomic E-state index is -1.06. The van der Waals surface area contributed by atoms with Gasteiger partial charge in [0.25, 0.3) is 5.91 Å². The number of thiocarbonyl (C=S) groups is 1. The molecule has 1 N–H and O–H groups in total. The van der Waals surface area contributed by atoms with E-state index in [2.05, 4.69) is 13.8 Å². The molecule has 2 atom stereocenters. The van der Waals surface area contributed by atoms with Gasteiger partial charge in [-0.2, -0.15) is 0 Å². The van der Waals surface area contributed by atoms with E-state index in [1.807, 2.05) is 25.1 Å². The van der Waals surface area contributed by atoms with Gasteiger partial charge in [-0.1, -0.05) is 69.6 Å². The van der Waals surface area contributed by atoms with Crippen molar-refractivity contribution >= 4 is 46.3 Å². The van der Waals surface area contributed by atoms with Crippen LogP contribution in [0.1, 0.15) is 78.2 Å². The second-order valence-corrected chi connectivity index (χ2v) is 9.76. The van der Waals surface area contributed by atoms with E-state index in [1.165, 1.54) is 30.6 Å². The van der Waals surface area contributed by atoms with Gasteiger partial charge in [0.1, 0.15) is 10.4 Å². The first-order chi connectivity index (χ1) is 15.8. The second-order valence-electron chi connectivity index (χ2n) is 8.08. The highest BCUT2D eigenvalue weighted by Gasteiger charge is 2.39. The Morgan fingerprint density at radius 1 is 1.18 bits per heavy atom. The lowest BCUT2D eigenvalue weighted by atomic mass is 10.1. The largest absolute Gasteiger partial charge is 0.490 e. The standard InChI is InChI=1S/C25H35NO5S2/c1-5-8-9-10-11-12-17(4)31-20-14-13-18(15-21(20)30-7-3)16-22-23(27)26(25(32)33-22)19(6-2)24(28)29/h13-17,19H,5-12H2,1-4H3,(H,28,29)/b22-16+/t17-,19-/m1/s1. The molecule has 0 radical (unpaired) electrons. The number of aliphatic carboxylic acids is 1. The molecule has 0 spiro atoms. The third kappa shape index (κ3) is 7.74. The van der Waals surface area contributed by atoms with Crippen molar-refractivity contribution in [1.29, 1.82) is 0 Å². The lowest BCUT2D eigenvalue weighted by Crippen LogP contribution is -2.43. The Morgan fingerprint density at radius 2 is 1.91 bits per heavy atom. The Hall–Kier alpha value is -2.06. The quantitative estimate of drug-likeness (QED) is 0.186. The fourth-order valence-corrected chi connectivity index (χ4v) is 5.02. The minimum Gasteiger partial charge on any atom is -0.490 e. The highest BCUT2D eigenvalue weighted by molar-refractivity contribution is 8.26. The minimum absolute atomic E-state index is 0.0786. The van der Waals surface area contributed by atoms with Gasteiger partial charge in [-0.05, 0) is 56.9 Å². The van der Waals surface area contributed by atoms with E-state index in [4.69, 9.17) is 21.7 Å². The van der Waals surface area contributed by atoms with Crippen molar-refractivity contribution in [3.63, 3.8) is 0 Å². The molecule has 0 aromatic heterocycles. The molecule has 0 aliphatic carbocycles. The highest BCUT2D eigenvalue weighted by atomic mass is 32.2. The summed E-state index contributed by atoms with van der Waals surface area (Å²) in [7, 11) is 0. The van der Waals surface area contributed by atoms with E-state index < -0.39 is 12.0 Å². The number of nitrogens with zero attached hydrogens (tertiary/aromatic N) is 1. The summed E-state index contributed by atoms with van der Waals surface area (Å²) in [5.41, 5.74) is 0.766. The lowest BCUT2D eigenvalue weighted by molar-refractivity contribution is -0.145. The Labute approximate surface area is 206 Å². The Balaban J connectivity index is 2.13. The molecule has 0 saturated carbocycles. The number of unbranched alkanes of at least 4 members (excludes halogenated alkanes) is 4. The first-order valence-corrected chi connectivity index (χ1v) is 13.0. The molecule has 2 rings (SSSR count). The van der Waals surface area contributed by atoms with Crippen LogP contribution < -0.4 is 9.47 Å². The summed E-state index contributed by atoms with van der Waals surface area (Å²) in [5, 5.41) is 9.42. The molecule has 1 amide bonds. The summed E-state index contributed by atoms with van der Waals surface area (Å²) in [4.78, 5) is 26.0. The maximum Gasteiger partial charge on any atom is 0.326 e. The summed E-state index contributed by atoms with van der Waals surface area (Å²) in [6.45, 7) is 8.41. The number of amides is 1. The Kier molecular flexibility index (Phi) is 11.2. The van der Waals surface area contributed by atoms with Crippen LogP contribution in [0.4, 0.5) is 0 Å². The Bertz CT molecular complexity index is 870. The van der Waals surface area contributed by atoms with Gasteiger partial charge in [-0.3, -0.25) is 9.69 Å². The monoisotopic (exact) mass is 493 g/mol. The van der Waals surface area contributed by atoms with Crippen LogP contribution in [0.2, 0.25) is 0 Å². The molecule has 1 fully saturated rings. The van der Waals surface area contributed by atoms with Gasteiger partial charge >= 0.3 is 5.97 Å². The van der Waals surface area contributed by atoms with Gasteiger partial charge in [0, 0.05) is 0 Å². The number of carbonyl (C=O) groups is 2. The zero-order valence-corrected chi connectivity index (χ0v) is 21.6. The van der Waals surface area contributed by atoms with Gasteiger partial charge < -0.3 is 14.6 Å². The highest BCUT2D eigenvalue weighted by Crippen LogP contribution is 2.36. The maximum absolute atomic E-state index is 12.8. The normalized spacial score (nSPS) is 16.8. The fourth-order valence-electron chi connectivity index (χ4n) is 3.66. The van der Waals surface area contributed by atoms with Crippen molar-refractivity contribution in [2.75, 3.05) is 6.61 Å². The van der Waals surface area contributed by atoms with E-state index in [0.717, 1.165) is 30.2 Å². The van der Waals surface area contributed by atoms with Gasteiger partial charge in [-0.25, -0.2) is 4.79 Å². The van der Waals surface area contributed by atoms with Crippen LogP contribution in [0.3, 0.4) is 0 Å². The summed E-state index contributed by atoms with van der Waals surface area (Å²) in [5.74, 6) is -0.139. The van der Waals surface area contributed by atoms with Crippen molar-refractivity contribution in [2.45, 2.75) is 84.8 Å². The van der Waals surface area contributed by atoms with E-state index in [9.17, 15) is 14.7 Å². The molecule has 1 saturated heterocycles. The van der Waals surface area contributed by atoms with E-state index >= 15 is 0 Å².